The maximum Gasteiger partial charge on any atom is 0.331 e. The number of hydrogen-bond donors (Lipinski definition) is 2. The lowest BCUT2D eigenvalue weighted by Gasteiger charge is -2.04. The summed E-state index contributed by atoms with van der Waals surface area (Å²) in [5, 5.41) is 18.4. The fourth-order valence-electron chi connectivity index (χ4n) is 1.83. The lowest BCUT2D eigenvalue weighted by atomic mass is 10.0. The van der Waals surface area contributed by atoms with E-state index in [2.05, 4.69) is 4.98 Å². The number of halogens is 1. The van der Waals surface area contributed by atoms with Gasteiger partial charge in [-0.2, -0.15) is 0 Å². The van der Waals surface area contributed by atoms with Crippen LogP contribution in [0.1, 0.15) is 23.6 Å². The van der Waals surface area contributed by atoms with E-state index in [9.17, 15) is 9.90 Å². The number of pyridine rings is 1. The number of hydrogen-bond acceptors (Lipinski definition) is 3. The molecule has 0 bridgehead atoms. The Bertz CT molecular complexity index is 651. The summed E-state index contributed by atoms with van der Waals surface area (Å²) in [6.07, 6.45) is 3.75. The van der Waals surface area contributed by atoms with Crippen molar-refractivity contribution in [2.45, 2.75) is 13.3 Å². The average Bonchev–Trinajstić information content (AvgIpc) is 2.43. The van der Waals surface area contributed by atoms with Gasteiger partial charge < -0.3 is 10.2 Å². The van der Waals surface area contributed by atoms with E-state index in [4.69, 9.17) is 5.11 Å². The molecule has 2 aromatic rings. The van der Waals surface area contributed by atoms with Crippen LogP contribution in [0.5, 0.6) is 5.88 Å². The van der Waals surface area contributed by atoms with Crippen LogP contribution in [0.15, 0.2) is 48.2 Å². The Balaban J connectivity index is 0.00000220. The van der Waals surface area contributed by atoms with Crippen LogP contribution in [-0.2, 0) is 11.2 Å². The SMILES string of the molecule is CC(=Cc1ccc(Cc2cccnc2O)cc1)C(=O)O.Cl. The Kier molecular flexibility index (Phi) is 5.93. The van der Waals surface area contributed by atoms with Crippen molar-refractivity contribution in [3.63, 3.8) is 0 Å². The molecule has 1 heterocycles. The predicted octanol–water partition coefficient (Wildman–Crippen LogP) is 3.29. The molecule has 0 aliphatic rings. The van der Waals surface area contributed by atoms with E-state index in [1.807, 2.05) is 30.3 Å². The van der Waals surface area contributed by atoms with E-state index in [0.717, 1.165) is 16.7 Å². The molecule has 5 heteroatoms. The molecule has 0 aliphatic heterocycles. The summed E-state index contributed by atoms with van der Waals surface area (Å²) < 4.78 is 0. The van der Waals surface area contributed by atoms with Crippen LogP contribution < -0.4 is 0 Å². The number of rotatable bonds is 4. The zero-order valence-corrected chi connectivity index (χ0v) is 12.3. The van der Waals surface area contributed by atoms with Crippen molar-refractivity contribution in [3.8, 4) is 5.88 Å². The highest BCUT2D eigenvalue weighted by atomic mass is 35.5. The molecule has 2 rings (SSSR count). The molecule has 0 fully saturated rings. The molecule has 0 atom stereocenters. The molecule has 110 valence electrons. The van der Waals surface area contributed by atoms with Gasteiger partial charge in [-0.05, 0) is 30.2 Å². The molecule has 1 aromatic heterocycles. The van der Waals surface area contributed by atoms with Gasteiger partial charge >= 0.3 is 5.97 Å². The summed E-state index contributed by atoms with van der Waals surface area (Å²) in [4.78, 5) is 14.6. The first-order chi connectivity index (χ1) is 9.56. The van der Waals surface area contributed by atoms with Crippen LogP contribution in [0.25, 0.3) is 6.08 Å². The number of carboxylic acids is 1. The van der Waals surface area contributed by atoms with E-state index in [1.54, 1.807) is 25.3 Å². The van der Waals surface area contributed by atoms with Gasteiger partial charge in [0.15, 0.2) is 0 Å². The van der Waals surface area contributed by atoms with Crippen LogP contribution in [-0.4, -0.2) is 21.2 Å². The fourth-order valence-corrected chi connectivity index (χ4v) is 1.83. The van der Waals surface area contributed by atoms with E-state index < -0.39 is 5.97 Å². The number of aromatic nitrogens is 1. The van der Waals surface area contributed by atoms with E-state index in [-0.39, 0.29) is 18.3 Å². The van der Waals surface area contributed by atoms with Gasteiger partial charge in [0, 0.05) is 23.8 Å². The van der Waals surface area contributed by atoms with Crippen molar-refractivity contribution in [1.82, 2.24) is 4.98 Å². The Hall–Kier alpha value is -2.33. The third-order valence-corrected chi connectivity index (χ3v) is 2.96. The molecule has 21 heavy (non-hydrogen) atoms. The Morgan fingerprint density at radius 2 is 1.90 bits per heavy atom. The van der Waals surface area contributed by atoms with E-state index in [1.165, 1.54) is 0 Å². The van der Waals surface area contributed by atoms with Gasteiger partial charge in [0.05, 0.1) is 0 Å². The molecule has 1 aromatic carbocycles. The molecule has 0 radical (unpaired) electrons. The molecule has 0 unspecified atom stereocenters. The normalized spacial score (nSPS) is 10.8. The first kappa shape index (κ1) is 16.7. The van der Waals surface area contributed by atoms with Crippen molar-refractivity contribution in [2.24, 2.45) is 0 Å². The predicted molar refractivity (Wildman–Crippen MR) is 83.7 cm³/mol. The van der Waals surface area contributed by atoms with Gasteiger partial charge in [-0.15, -0.1) is 12.4 Å². The molecule has 0 saturated heterocycles. The standard InChI is InChI=1S/C16H15NO3.ClH/c1-11(16(19)20)9-12-4-6-13(7-5-12)10-14-3-2-8-17-15(14)18;/h2-9H,10H2,1H3,(H,17,18)(H,19,20);1H. The number of benzene rings is 1. The number of carbonyl (C=O) groups is 1. The van der Waals surface area contributed by atoms with Crippen LogP contribution in [0.3, 0.4) is 0 Å². The van der Waals surface area contributed by atoms with Gasteiger partial charge in [0.1, 0.15) is 0 Å². The van der Waals surface area contributed by atoms with Crippen molar-refractivity contribution in [3.05, 3.63) is 64.9 Å². The number of aromatic hydroxyl groups is 1. The van der Waals surface area contributed by atoms with Crippen LogP contribution >= 0.6 is 12.4 Å². The van der Waals surface area contributed by atoms with Crippen LogP contribution in [0.4, 0.5) is 0 Å². The molecule has 4 nitrogen and oxygen atoms in total. The highest BCUT2D eigenvalue weighted by molar-refractivity contribution is 5.91. The summed E-state index contributed by atoms with van der Waals surface area (Å²) >= 11 is 0. The fraction of sp³-hybridized carbons (Fsp3) is 0.125. The smallest absolute Gasteiger partial charge is 0.331 e. The van der Waals surface area contributed by atoms with Gasteiger partial charge in [-0.3, -0.25) is 0 Å². The minimum Gasteiger partial charge on any atom is -0.493 e. The second-order valence-electron chi connectivity index (χ2n) is 4.54. The summed E-state index contributed by atoms with van der Waals surface area (Å²) in [5.41, 5.74) is 2.92. The van der Waals surface area contributed by atoms with Gasteiger partial charge in [-0.25, -0.2) is 9.78 Å². The lowest BCUT2D eigenvalue weighted by molar-refractivity contribution is -0.132. The summed E-state index contributed by atoms with van der Waals surface area (Å²) in [5.74, 6) is -0.882. The van der Waals surface area contributed by atoms with E-state index in [0.29, 0.717) is 12.0 Å². The van der Waals surface area contributed by atoms with Gasteiger partial charge in [-0.1, -0.05) is 30.3 Å². The van der Waals surface area contributed by atoms with Crippen molar-refractivity contribution >= 4 is 24.5 Å². The maximum atomic E-state index is 10.7. The summed E-state index contributed by atoms with van der Waals surface area (Å²) in [6.45, 7) is 1.56. The second-order valence-corrected chi connectivity index (χ2v) is 4.54. The monoisotopic (exact) mass is 305 g/mol. The maximum absolute atomic E-state index is 10.7. The minimum atomic E-state index is -0.922. The minimum absolute atomic E-state index is 0. The first-order valence-electron chi connectivity index (χ1n) is 6.19. The van der Waals surface area contributed by atoms with E-state index >= 15 is 0 Å². The first-order valence-corrected chi connectivity index (χ1v) is 6.19. The molecular weight excluding hydrogens is 290 g/mol. The Morgan fingerprint density at radius 3 is 2.48 bits per heavy atom. The Labute approximate surface area is 129 Å². The third-order valence-electron chi connectivity index (χ3n) is 2.96. The number of aliphatic carboxylic acids is 1. The van der Waals surface area contributed by atoms with Crippen LogP contribution in [0, 0.1) is 0 Å². The topological polar surface area (TPSA) is 70.4 Å². The summed E-state index contributed by atoms with van der Waals surface area (Å²) in [6, 6.07) is 11.1. The zero-order chi connectivity index (χ0) is 14.5. The molecule has 0 saturated carbocycles. The van der Waals surface area contributed by atoms with Crippen molar-refractivity contribution in [1.29, 1.82) is 0 Å². The third kappa shape index (κ3) is 4.61. The van der Waals surface area contributed by atoms with Gasteiger partial charge in [0.2, 0.25) is 5.88 Å². The second kappa shape index (κ2) is 7.45. The number of carboxylic acid groups (broad SMARTS) is 1. The molecule has 2 N–H and O–H groups in total. The molecule has 0 aliphatic carbocycles. The van der Waals surface area contributed by atoms with Crippen molar-refractivity contribution in [2.75, 3.05) is 0 Å². The number of nitrogens with zero attached hydrogens (tertiary/aromatic N) is 1. The molecular formula is C16H16ClNO3. The molecule has 0 spiro atoms. The Morgan fingerprint density at radius 1 is 1.24 bits per heavy atom. The van der Waals surface area contributed by atoms with Gasteiger partial charge in [0.25, 0.3) is 0 Å². The van der Waals surface area contributed by atoms with Crippen LogP contribution in [0.2, 0.25) is 0 Å². The van der Waals surface area contributed by atoms with Crippen molar-refractivity contribution < 1.29 is 15.0 Å². The highest BCUT2D eigenvalue weighted by Gasteiger charge is 2.03. The zero-order valence-electron chi connectivity index (χ0n) is 11.5. The average molecular weight is 306 g/mol. The molecule has 0 amide bonds. The summed E-state index contributed by atoms with van der Waals surface area (Å²) in [7, 11) is 0. The quantitative estimate of drug-likeness (QED) is 0.850. The lowest BCUT2D eigenvalue weighted by Crippen LogP contribution is -1.95. The largest absolute Gasteiger partial charge is 0.493 e. The highest BCUT2D eigenvalue weighted by Crippen LogP contribution is 2.18.